The fraction of sp³-hybridized carbons (Fsp3) is 0.118. The predicted molar refractivity (Wildman–Crippen MR) is 90.9 cm³/mol. The highest BCUT2D eigenvalue weighted by Crippen LogP contribution is 2.21. The van der Waals surface area contributed by atoms with E-state index >= 15 is 0 Å². The van der Waals surface area contributed by atoms with Gasteiger partial charge >= 0.3 is 0 Å². The molecule has 5 nitrogen and oxygen atoms in total. The van der Waals surface area contributed by atoms with E-state index in [0.29, 0.717) is 5.56 Å². The minimum Gasteiger partial charge on any atom is -0.338 e. The number of carbonyl (C=O) groups excluding carboxylic acids is 1. The fourth-order valence-electron chi connectivity index (χ4n) is 2.35. The van der Waals surface area contributed by atoms with Crippen LogP contribution in [0, 0.1) is 0 Å². The van der Waals surface area contributed by atoms with Crippen LogP contribution in [-0.4, -0.2) is 20.4 Å². The van der Waals surface area contributed by atoms with E-state index < -0.39 is 0 Å². The van der Waals surface area contributed by atoms with Crippen LogP contribution in [0.25, 0.3) is 0 Å². The Bertz CT molecular complexity index is 816. The maximum Gasteiger partial charge on any atom is 0.253 e. The number of nitrogens with one attached hydrogen (secondary N) is 1. The maximum absolute atomic E-state index is 12.6. The summed E-state index contributed by atoms with van der Waals surface area (Å²) in [4.78, 5) is 21.0. The van der Waals surface area contributed by atoms with Gasteiger partial charge in [0, 0.05) is 36.3 Å². The van der Waals surface area contributed by atoms with Crippen LogP contribution in [0.3, 0.4) is 0 Å². The quantitative estimate of drug-likeness (QED) is 0.767. The first-order valence-corrected chi connectivity index (χ1v) is 7.88. The van der Waals surface area contributed by atoms with Gasteiger partial charge < -0.3 is 9.88 Å². The highest BCUT2D eigenvalue weighted by Gasteiger charge is 2.21. The minimum absolute atomic E-state index is 0.198. The molecule has 2 aromatic heterocycles. The van der Waals surface area contributed by atoms with E-state index in [4.69, 9.17) is 0 Å². The molecule has 1 N–H and O–H groups in total. The molecule has 1 aromatic carbocycles. The van der Waals surface area contributed by atoms with Gasteiger partial charge in [0.25, 0.3) is 5.91 Å². The number of hydrogen-bond acceptors (Lipinski definition) is 3. The molecule has 0 aliphatic rings. The molecule has 23 heavy (non-hydrogen) atoms. The second-order valence-electron chi connectivity index (χ2n) is 5.11. The SMILES string of the molecule is Cn1ccnc1[C@H](NC(=O)c1cncc(Br)c1)c1ccccc1. The van der Waals surface area contributed by atoms with Crippen molar-refractivity contribution in [3.8, 4) is 0 Å². The summed E-state index contributed by atoms with van der Waals surface area (Å²) in [5, 5.41) is 3.04. The van der Waals surface area contributed by atoms with E-state index in [-0.39, 0.29) is 11.9 Å². The van der Waals surface area contributed by atoms with Crippen LogP contribution in [-0.2, 0) is 7.05 Å². The third-order valence-corrected chi connectivity index (χ3v) is 3.93. The van der Waals surface area contributed by atoms with Crippen LogP contribution in [0.5, 0.6) is 0 Å². The lowest BCUT2D eigenvalue weighted by molar-refractivity contribution is 0.0940. The second-order valence-corrected chi connectivity index (χ2v) is 6.02. The molecule has 0 aliphatic carbocycles. The summed E-state index contributed by atoms with van der Waals surface area (Å²) >= 11 is 3.33. The van der Waals surface area contributed by atoms with Crippen molar-refractivity contribution in [3.05, 3.63) is 82.6 Å². The molecule has 0 bridgehead atoms. The van der Waals surface area contributed by atoms with Gasteiger partial charge in [-0.05, 0) is 27.6 Å². The number of rotatable bonds is 4. The van der Waals surface area contributed by atoms with Crippen molar-refractivity contribution in [1.29, 1.82) is 0 Å². The topological polar surface area (TPSA) is 59.8 Å². The fourth-order valence-corrected chi connectivity index (χ4v) is 2.71. The Morgan fingerprint density at radius 2 is 2.04 bits per heavy atom. The molecule has 0 fully saturated rings. The van der Waals surface area contributed by atoms with Crippen molar-refractivity contribution in [3.63, 3.8) is 0 Å². The Kier molecular flexibility index (Phi) is 4.52. The highest BCUT2D eigenvalue weighted by atomic mass is 79.9. The van der Waals surface area contributed by atoms with Crippen molar-refractivity contribution in [2.75, 3.05) is 0 Å². The number of carbonyl (C=O) groups is 1. The lowest BCUT2D eigenvalue weighted by atomic mass is 10.1. The van der Waals surface area contributed by atoms with Crippen molar-refractivity contribution in [1.82, 2.24) is 19.9 Å². The molecule has 2 heterocycles. The molecular formula is C17H15BrN4O. The number of nitrogens with zero attached hydrogens (tertiary/aromatic N) is 3. The molecule has 116 valence electrons. The number of hydrogen-bond donors (Lipinski definition) is 1. The maximum atomic E-state index is 12.6. The number of amides is 1. The highest BCUT2D eigenvalue weighted by molar-refractivity contribution is 9.10. The van der Waals surface area contributed by atoms with Gasteiger partial charge in [-0.3, -0.25) is 9.78 Å². The zero-order valence-corrected chi connectivity index (χ0v) is 14.1. The number of pyridine rings is 1. The number of aryl methyl sites for hydroxylation is 1. The smallest absolute Gasteiger partial charge is 0.253 e. The molecule has 1 atom stereocenters. The lowest BCUT2D eigenvalue weighted by Crippen LogP contribution is -2.31. The normalized spacial score (nSPS) is 11.9. The molecule has 0 radical (unpaired) electrons. The van der Waals surface area contributed by atoms with Crippen LogP contribution in [0.4, 0.5) is 0 Å². The third-order valence-electron chi connectivity index (χ3n) is 3.49. The van der Waals surface area contributed by atoms with E-state index in [1.807, 2.05) is 48.1 Å². The average molecular weight is 371 g/mol. The van der Waals surface area contributed by atoms with E-state index in [1.54, 1.807) is 24.7 Å². The molecular weight excluding hydrogens is 356 g/mol. The van der Waals surface area contributed by atoms with Crippen LogP contribution in [0.15, 0.2) is 65.7 Å². The summed E-state index contributed by atoms with van der Waals surface area (Å²) in [5.74, 6) is 0.572. The summed E-state index contributed by atoms with van der Waals surface area (Å²) < 4.78 is 2.66. The Morgan fingerprint density at radius 1 is 1.26 bits per heavy atom. The van der Waals surface area contributed by atoms with E-state index in [9.17, 15) is 4.79 Å². The third kappa shape index (κ3) is 3.48. The van der Waals surface area contributed by atoms with Crippen molar-refractivity contribution in [2.45, 2.75) is 6.04 Å². The Hall–Kier alpha value is -2.47. The van der Waals surface area contributed by atoms with Crippen molar-refractivity contribution >= 4 is 21.8 Å². The standard InChI is InChI=1S/C17H15BrN4O/c1-22-8-7-20-16(22)15(12-5-3-2-4-6-12)21-17(23)13-9-14(18)11-19-10-13/h2-11,15H,1H3,(H,21,23)/t15-/m1/s1. The van der Waals surface area contributed by atoms with Gasteiger partial charge in [0.05, 0.1) is 5.56 Å². The lowest BCUT2D eigenvalue weighted by Gasteiger charge is -2.19. The van der Waals surface area contributed by atoms with Gasteiger partial charge in [0.2, 0.25) is 0 Å². The number of benzene rings is 1. The summed E-state index contributed by atoms with van der Waals surface area (Å²) in [5.41, 5.74) is 1.47. The zero-order valence-electron chi connectivity index (χ0n) is 12.5. The van der Waals surface area contributed by atoms with E-state index in [1.165, 1.54) is 0 Å². The van der Waals surface area contributed by atoms with Crippen LogP contribution in [0.1, 0.15) is 27.8 Å². The van der Waals surface area contributed by atoms with Gasteiger partial charge in [-0.25, -0.2) is 4.98 Å². The first-order chi connectivity index (χ1) is 11.1. The number of imidazole rings is 1. The predicted octanol–water partition coefficient (Wildman–Crippen LogP) is 3.10. The van der Waals surface area contributed by atoms with Gasteiger partial charge in [0.1, 0.15) is 11.9 Å². The Balaban J connectivity index is 1.94. The molecule has 0 unspecified atom stereocenters. The van der Waals surface area contributed by atoms with Gasteiger partial charge in [-0.15, -0.1) is 0 Å². The first kappa shape index (κ1) is 15.4. The van der Waals surface area contributed by atoms with Crippen molar-refractivity contribution < 1.29 is 4.79 Å². The molecule has 3 aromatic rings. The Morgan fingerprint density at radius 3 is 2.70 bits per heavy atom. The summed E-state index contributed by atoms with van der Waals surface area (Å²) in [7, 11) is 1.91. The monoisotopic (exact) mass is 370 g/mol. The van der Waals surface area contributed by atoms with Crippen LogP contribution >= 0.6 is 15.9 Å². The van der Waals surface area contributed by atoms with E-state index in [2.05, 4.69) is 31.2 Å². The van der Waals surface area contributed by atoms with Gasteiger partial charge in [-0.1, -0.05) is 30.3 Å². The number of aromatic nitrogens is 3. The van der Waals surface area contributed by atoms with Crippen LogP contribution < -0.4 is 5.32 Å². The molecule has 0 aliphatic heterocycles. The van der Waals surface area contributed by atoms with Crippen molar-refractivity contribution in [2.24, 2.45) is 7.05 Å². The largest absolute Gasteiger partial charge is 0.338 e. The zero-order chi connectivity index (χ0) is 16.2. The molecule has 0 spiro atoms. The Labute approximate surface area is 142 Å². The summed E-state index contributed by atoms with van der Waals surface area (Å²) in [6.07, 6.45) is 6.76. The van der Waals surface area contributed by atoms with E-state index in [0.717, 1.165) is 15.9 Å². The minimum atomic E-state index is -0.331. The molecule has 0 saturated heterocycles. The van der Waals surface area contributed by atoms with Gasteiger partial charge in [-0.2, -0.15) is 0 Å². The number of halogens is 1. The summed E-state index contributed by atoms with van der Waals surface area (Å²) in [6.45, 7) is 0. The molecule has 1 amide bonds. The molecule has 3 rings (SSSR count). The van der Waals surface area contributed by atoms with Crippen LogP contribution in [0.2, 0.25) is 0 Å². The summed E-state index contributed by atoms with van der Waals surface area (Å²) in [6, 6.07) is 11.2. The first-order valence-electron chi connectivity index (χ1n) is 7.09. The molecule has 6 heteroatoms. The average Bonchev–Trinajstić information content (AvgIpc) is 2.99. The second kappa shape index (κ2) is 6.75. The molecule has 0 saturated carbocycles. The van der Waals surface area contributed by atoms with Gasteiger partial charge in [0.15, 0.2) is 0 Å².